The van der Waals surface area contributed by atoms with E-state index in [9.17, 15) is 0 Å². The summed E-state index contributed by atoms with van der Waals surface area (Å²) in [6.07, 6.45) is 7.49. The molecule has 1 saturated carbocycles. The van der Waals surface area contributed by atoms with Crippen molar-refractivity contribution < 1.29 is 4.58 Å². The van der Waals surface area contributed by atoms with E-state index in [1.807, 2.05) is 6.92 Å². The second-order valence-corrected chi connectivity index (χ2v) is 6.77. The molecule has 1 aromatic carbocycles. The van der Waals surface area contributed by atoms with Crippen molar-refractivity contribution in [2.45, 2.75) is 39.0 Å². The molecule has 0 amide bonds. The molecule has 21 heavy (non-hydrogen) atoms. The Morgan fingerprint density at radius 3 is 2.52 bits per heavy atom. The minimum Gasteiger partial charge on any atom is -0.214 e. The number of hydrogen-bond acceptors (Lipinski definition) is 1. The molecule has 0 aromatic heterocycles. The maximum absolute atomic E-state index is 7.45. The van der Waals surface area contributed by atoms with E-state index in [4.69, 9.17) is 5.41 Å². The standard InChI is InChI=1S/C19H25N2/c1-6-8-16-9-7-10-17(11-16)19(12-18(3,4)13-19)15(2)21(5)14-20/h6-11,14,20H,2,5,12-13H2,1,3-4H3/q+1/b8-6+,20-14?. The van der Waals surface area contributed by atoms with Gasteiger partial charge in [0, 0.05) is 0 Å². The highest BCUT2D eigenvalue weighted by atomic mass is 15.0. The van der Waals surface area contributed by atoms with Crippen molar-refractivity contribution in [2.75, 3.05) is 0 Å². The maximum atomic E-state index is 7.45. The Balaban J connectivity index is 2.47. The molecule has 0 unspecified atom stereocenters. The van der Waals surface area contributed by atoms with E-state index in [1.54, 1.807) is 4.58 Å². The fourth-order valence-corrected chi connectivity index (χ4v) is 3.64. The summed E-state index contributed by atoms with van der Waals surface area (Å²) in [4.78, 5) is 0. The third kappa shape index (κ3) is 2.76. The monoisotopic (exact) mass is 281 g/mol. The van der Waals surface area contributed by atoms with Gasteiger partial charge in [-0.2, -0.15) is 0 Å². The van der Waals surface area contributed by atoms with Crippen LogP contribution in [0.3, 0.4) is 0 Å². The van der Waals surface area contributed by atoms with Crippen LogP contribution in [0.15, 0.2) is 42.6 Å². The number of rotatable bonds is 5. The lowest BCUT2D eigenvalue weighted by atomic mass is 9.50. The van der Waals surface area contributed by atoms with Crippen molar-refractivity contribution in [3.63, 3.8) is 0 Å². The number of hydrogen-bond donors (Lipinski definition) is 1. The van der Waals surface area contributed by atoms with Gasteiger partial charge in [0.25, 0.3) is 6.34 Å². The lowest BCUT2D eigenvalue weighted by molar-refractivity contribution is -0.350. The third-order valence-corrected chi connectivity index (χ3v) is 4.41. The zero-order valence-corrected chi connectivity index (χ0v) is 13.3. The van der Waals surface area contributed by atoms with Crippen LogP contribution in [-0.4, -0.2) is 17.6 Å². The highest BCUT2D eigenvalue weighted by Crippen LogP contribution is 2.58. The molecule has 0 heterocycles. The Morgan fingerprint density at radius 2 is 2.00 bits per heavy atom. The van der Waals surface area contributed by atoms with Crippen LogP contribution < -0.4 is 0 Å². The molecule has 1 aliphatic carbocycles. The van der Waals surface area contributed by atoms with Crippen molar-refractivity contribution in [3.8, 4) is 0 Å². The molecule has 0 atom stereocenters. The quantitative estimate of drug-likeness (QED) is 0.463. The zero-order valence-electron chi connectivity index (χ0n) is 13.3. The Bertz CT molecular complexity index is 612. The second kappa shape index (κ2) is 5.44. The smallest absolute Gasteiger partial charge is 0.214 e. The van der Waals surface area contributed by atoms with Gasteiger partial charge in [0.05, 0.1) is 12.1 Å². The molecule has 0 saturated heterocycles. The lowest BCUT2D eigenvalue weighted by Gasteiger charge is -2.53. The van der Waals surface area contributed by atoms with Crippen LogP contribution >= 0.6 is 0 Å². The summed E-state index contributed by atoms with van der Waals surface area (Å²) in [5.74, 6) is 0. The van der Waals surface area contributed by atoms with Gasteiger partial charge in [-0.1, -0.05) is 56.8 Å². The van der Waals surface area contributed by atoms with E-state index in [0.717, 1.165) is 18.5 Å². The van der Waals surface area contributed by atoms with Crippen LogP contribution in [0.5, 0.6) is 0 Å². The molecule has 0 bridgehead atoms. The van der Waals surface area contributed by atoms with E-state index >= 15 is 0 Å². The van der Waals surface area contributed by atoms with E-state index in [0.29, 0.717) is 5.41 Å². The summed E-state index contributed by atoms with van der Waals surface area (Å²) in [6.45, 7) is 14.7. The van der Waals surface area contributed by atoms with Gasteiger partial charge in [-0.15, -0.1) is 5.41 Å². The first-order chi connectivity index (χ1) is 9.84. The van der Waals surface area contributed by atoms with Crippen molar-refractivity contribution in [1.29, 1.82) is 5.41 Å². The van der Waals surface area contributed by atoms with Crippen LogP contribution in [-0.2, 0) is 5.41 Å². The van der Waals surface area contributed by atoms with Gasteiger partial charge in [-0.05, 0) is 36.3 Å². The molecular weight excluding hydrogens is 256 g/mol. The minimum absolute atomic E-state index is 0.0968. The maximum Gasteiger partial charge on any atom is 0.281 e. The Morgan fingerprint density at radius 1 is 1.33 bits per heavy atom. The van der Waals surface area contributed by atoms with Crippen LogP contribution in [0, 0.1) is 10.8 Å². The van der Waals surface area contributed by atoms with E-state index in [1.165, 1.54) is 17.5 Å². The molecule has 0 spiro atoms. The Kier molecular flexibility index (Phi) is 3.99. The predicted octanol–water partition coefficient (Wildman–Crippen LogP) is 4.61. The fourth-order valence-electron chi connectivity index (χ4n) is 3.64. The third-order valence-electron chi connectivity index (χ3n) is 4.41. The largest absolute Gasteiger partial charge is 0.281 e. The minimum atomic E-state index is -0.0968. The van der Waals surface area contributed by atoms with Crippen LogP contribution in [0.25, 0.3) is 6.08 Å². The van der Waals surface area contributed by atoms with Gasteiger partial charge < -0.3 is 0 Å². The highest BCUT2D eigenvalue weighted by Gasteiger charge is 2.54. The van der Waals surface area contributed by atoms with Crippen molar-refractivity contribution in [1.82, 2.24) is 0 Å². The molecule has 2 nitrogen and oxygen atoms in total. The van der Waals surface area contributed by atoms with Gasteiger partial charge >= 0.3 is 0 Å². The number of allylic oxidation sites excluding steroid dienone is 2. The normalized spacial score (nSPS) is 19.0. The first-order valence-electron chi connectivity index (χ1n) is 7.38. The van der Waals surface area contributed by atoms with Gasteiger partial charge in [-0.25, -0.2) is 4.58 Å². The molecule has 1 aliphatic rings. The Labute approximate surface area is 128 Å². The van der Waals surface area contributed by atoms with E-state index in [-0.39, 0.29) is 5.41 Å². The molecule has 2 rings (SSSR count). The summed E-state index contributed by atoms with van der Waals surface area (Å²) < 4.78 is 1.59. The topological polar surface area (TPSA) is 26.9 Å². The summed E-state index contributed by atoms with van der Waals surface area (Å²) >= 11 is 0. The highest BCUT2D eigenvalue weighted by molar-refractivity contribution is 5.54. The van der Waals surface area contributed by atoms with Crippen LogP contribution in [0.2, 0.25) is 0 Å². The molecule has 1 N–H and O–H groups in total. The second-order valence-electron chi connectivity index (χ2n) is 6.77. The average Bonchev–Trinajstić information content (AvgIpc) is 2.43. The Hall–Kier alpha value is -1.96. The number of nitrogens with zero attached hydrogens (tertiary/aromatic N) is 1. The van der Waals surface area contributed by atoms with Gasteiger partial charge in [0.1, 0.15) is 5.70 Å². The first kappa shape index (κ1) is 15.4. The molecule has 1 aromatic rings. The summed E-state index contributed by atoms with van der Waals surface area (Å²) in [5, 5.41) is 7.45. The summed E-state index contributed by atoms with van der Waals surface area (Å²) in [6, 6.07) is 8.62. The summed E-state index contributed by atoms with van der Waals surface area (Å²) in [5.41, 5.74) is 3.60. The van der Waals surface area contributed by atoms with Gasteiger partial charge in [0.15, 0.2) is 0 Å². The van der Waals surface area contributed by atoms with Crippen molar-refractivity contribution in [2.24, 2.45) is 5.41 Å². The first-order valence-corrected chi connectivity index (χ1v) is 7.38. The van der Waals surface area contributed by atoms with Gasteiger partial charge in [0.2, 0.25) is 0 Å². The summed E-state index contributed by atoms with van der Waals surface area (Å²) in [7, 11) is 0. The van der Waals surface area contributed by atoms with E-state index in [2.05, 4.69) is 63.6 Å². The van der Waals surface area contributed by atoms with Gasteiger partial charge in [-0.3, -0.25) is 0 Å². The number of nitrogens with one attached hydrogen (secondary N) is 1. The zero-order chi connectivity index (χ0) is 15.7. The lowest BCUT2D eigenvalue weighted by Crippen LogP contribution is -2.49. The van der Waals surface area contributed by atoms with Crippen LogP contribution in [0.1, 0.15) is 44.7 Å². The van der Waals surface area contributed by atoms with Crippen LogP contribution in [0.4, 0.5) is 0 Å². The molecule has 1 fully saturated rings. The average molecular weight is 281 g/mol. The SMILES string of the molecule is C=C([N+](=C)C=N)C1(c2cccc(/C=C/C)c2)CC(C)(C)C1. The van der Waals surface area contributed by atoms with Crippen molar-refractivity contribution in [3.05, 3.63) is 53.7 Å². The molecule has 110 valence electrons. The molecule has 2 heteroatoms. The van der Waals surface area contributed by atoms with E-state index < -0.39 is 0 Å². The molecule has 0 aliphatic heterocycles. The molecule has 0 radical (unpaired) electrons. The van der Waals surface area contributed by atoms with Crippen molar-refractivity contribution >= 4 is 19.1 Å². The molecular formula is C19H25N2+. The fraction of sp³-hybridized carbons (Fsp3) is 0.368. The number of benzene rings is 1. The predicted molar refractivity (Wildman–Crippen MR) is 91.1 cm³/mol.